The second kappa shape index (κ2) is 7.62. The van der Waals surface area contributed by atoms with Crippen LogP contribution in [0.3, 0.4) is 0 Å². The Labute approximate surface area is 121 Å². The van der Waals surface area contributed by atoms with Crippen molar-refractivity contribution in [3.05, 3.63) is 29.3 Å². The van der Waals surface area contributed by atoms with Gasteiger partial charge in [0.05, 0.1) is 13.2 Å². The molecule has 1 unspecified atom stereocenters. The molecule has 20 heavy (non-hydrogen) atoms. The van der Waals surface area contributed by atoms with Crippen LogP contribution in [0.5, 0.6) is 5.75 Å². The summed E-state index contributed by atoms with van der Waals surface area (Å²) < 4.78 is 11.6. The van der Waals surface area contributed by atoms with Gasteiger partial charge in [0.15, 0.2) is 0 Å². The fourth-order valence-electron chi connectivity index (χ4n) is 2.05. The summed E-state index contributed by atoms with van der Waals surface area (Å²) in [5.74, 6) is 1.67. The zero-order chi connectivity index (χ0) is 14.4. The maximum absolute atomic E-state index is 5.99. The van der Waals surface area contributed by atoms with Crippen LogP contribution < -0.4 is 16.2 Å². The Bertz CT molecular complexity index is 419. The molecule has 0 aliphatic heterocycles. The highest BCUT2D eigenvalue weighted by Crippen LogP contribution is 2.30. The predicted molar refractivity (Wildman–Crippen MR) is 80.6 cm³/mol. The first-order valence-corrected chi connectivity index (χ1v) is 7.53. The normalized spacial score (nSPS) is 16.1. The molecule has 0 saturated heterocycles. The summed E-state index contributed by atoms with van der Waals surface area (Å²) in [6.45, 7) is 4.69. The van der Waals surface area contributed by atoms with Crippen LogP contribution in [0.15, 0.2) is 18.2 Å². The van der Waals surface area contributed by atoms with Crippen molar-refractivity contribution in [3.63, 3.8) is 0 Å². The van der Waals surface area contributed by atoms with E-state index in [0.717, 1.165) is 42.4 Å². The van der Waals surface area contributed by atoms with Crippen LogP contribution in [0.25, 0.3) is 0 Å². The molecule has 1 fully saturated rings. The van der Waals surface area contributed by atoms with Crippen molar-refractivity contribution in [3.8, 4) is 5.75 Å². The summed E-state index contributed by atoms with van der Waals surface area (Å²) in [5.41, 5.74) is 13.7. The lowest BCUT2D eigenvalue weighted by Crippen LogP contribution is -2.21. The lowest BCUT2D eigenvalue weighted by Gasteiger charge is -2.15. The predicted octanol–water partition coefficient (Wildman–Crippen LogP) is 2.36. The van der Waals surface area contributed by atoms with Crippen molar-refractivity contribution < 1.29 is 9.47 Å². The summed E-state index contributed by atoms with van der Waals surface area (Å²) in [6, 6.07) is 5.91. The van der Waals surface area contributed by atoms with E-state index in [0.29, 0.717) is 13.2 Å². The average molecular weight is 278 g/mol. The summed E-state index contributed by atoms with van der Waals surface area (Å²) in [4.78, 5) is 0. The Kier molecular flexibility index (Phi) is 5.83. The second-order valence-corrected chi connectivity index (χ2v) is 5.52. The van der Waals surface area contributed by atoms with Gasteiger partial charge in [0.2, 0.25) is 0 Å². The van der Waals surface area contributed by atoms with Gasteiger partial charge >= 0.3 is 0 Å². The smallest absolute Gasteiger partial charge is 0.124 e. The molecule has 0 bridgehead atoms. The lowest BCUT2D eigenvalue weighted by atomic mass is 10.0. The molecule has 0 spiro atoms. The molecule has 4 N–H and O–H groups in total. The molecule has 1 saturated carbocycles. The van der Waals surface area contributed by atoms with E-state index in [1.54, 1.807) is 0 Å². The Hall–Kier alpha value is -1.10. The third-order valence-corrected chi connectivity index (χ3v) is 3.54. The Morgan fingerprint density at radius 1 is 1.35 bits per heavy atom. The molecule has 1 atom stereocenters. The third kappa shape index (κ3) is 4.47. The molecular formula is C16H26N2O2. The van der Waals surface area contributed by atoms with Crippen LogP contribution in [-0.4, -0.2) is 19.8 Å². The van der Waals surface area contributed by atoms with Crippen molar-refractivity contribution in [1.29, 1.82) is 0 Å². The minimum Gasteiger partial charge on any atom is -0.493 e. The van der Waals surface area contributed by atoms with Crippen LogP contribution in [0.1, 0.15) is 43.4 Å². The molecule has 0 heterocycles. The van der Waals surface area contributed by atoms with Crippen LogP contribution in [0.2, 0.25) is 0 Å². The van der Waals surface area contributed by atoms with Crippen molar-refractivity contribution in [1.82, 2.24) is 0 Å². The summed E-state index contributed by atoms with van der Waals surface area (Å²) in [5, 5.41) is 0. The Morgan fingerprint density at radius 2 is 2.15 bits per heavy atom. The van der Waals surface area contributed by atoms with E-state index in [1.165, 1.54) is 12.8 Å². The molecule has 1 aromatic carbocycles. The van der Waals surface area contributed by atoms with Gasteiger partial charge in [-0.1, -0.05) is 13.0 Å². The molecule has 1 aliphatic rings. The molecule has 4 heteroatoms. The van der Waals surface area contributed by atoms with Crippen LogP contribution >= 0.6 is 0 Å². The molecule has 1 aliphatic carbocycles. The number of hydrogen-bond donors (Lipinski definition) is 2. The maximum Gasteiger partial charge on any atom is 0.124 e. The van der Waals surface area contributed by atoms with E-state index in [4.69, 9.17) is 20.9 Å². The van der Waals surface area contributed by atoms with Crippen LogP contribution in [-0.2, 0) is 11.3 Å². The summed E-state index contributed by atoms with van der Waals surface area (Å²) in [7, 11) is 0. The number of nitrogens with two attached hydrogens (primary N) is 2. The fraction of sp³-hybridized carbons (Fsp3) is 0.625. The van der Waals surface area contributed by atoms with Crippen molar-refractivity contribution >= 4 is 0 Å². The standard InChI is InChI=1S/C16H26N2O2/c1-2-7-20-16-6-5-13(15(18)9-17)8-14(16)11-19-10-12-3-4-12/h5-6,8,12,15H,2-4,7,9-11,17-18H2,1H3. The van der Waals surface area contributed by atoms with Gasteiger partial charge in [0.1, 0.15) is 5.75 Å². The molecule has 0 amide bonds. The Balaban J connectivity index is 2.03. The summed E-state index contributed by atoms with van der Waals surface area (Å²) in [6.07, 6.45) is 3.60. The Morgan fingerprint density at radius 3 is 2.80 bits per heavy atom. The van der Waals surface area contributed by atoms with Crippen LogP contribution in [0, 0.1) is 5.92 Å². The fourth-order valence-corrected chi connectivity index (χ4v) is 2.05. The molecular weight excluding hydrogens is 252 g/mol. The topological polar surface area (TPSA) is 70.5 Å². The second-order valence-electron chi connectivity index (χ2n) is 5.52. The molecule has 112 valence electrons. The molecule has 2 rings (SSSR count). The minimum absolute atomic E-state index is 0.127. The quantitative estimate of drug-likeness (QED) is 0.727. The van der Waals surface area contributed by atoms with Crippen molar-refractivity contribution in [2.45, 2.75) is 38.8 Å². The zero-order valence-electron chi connectivity index (χ0n) is 12.3. The van der Waals surface area contributed by atoms with Gasteiger partial charge in [0, 0.05) is 24.8 Å². The minimum atomic E-state index is -0.127. The monoisotopic (exact) mass is 278 g/mol. The van der Waals surface area contributed by atoms with E-state index >= 15 is 0 Å². The number of ether oxygens (including phenoxy) is 2. The van der Waals surface area contributed by atoms with E-state index < -0.39 is 0 Å². The zero-order valence-corrected chi connectivity index (χ0v) is 12.3. The van der Waals surface area contributed by atoms with Gasteiger partial charge in [-0.25, -0.2) is 0 Å². The van der Waals surface area contributed by atoms with E-state index in [9.17, 15) is 0 Å². The average Bonchev–Trinajstić information content (AvgIpc) is 3.29. The molecule has 4 nitrogen and oxygen atoms in total. The number of benzene rings is 1. The number of rotatable bonds is 9. The first-order chi connectivity index (χ1) is 9.74. The van der Waals surface area contributed by atoms with Gasteiger partial charge in [-0.2, -0.15) is 0 Å². The van der Waals surface area contributed by atoms with Gasteiger partial charge < -0.3 is 20.9 Å². The van der Waals surface area contributed by atoms with Crippen molar-refractivity contribution in [2.24, 2.45) is 17.4 Å². The highest BCUT2D eigenvalue weighted by atomic mass is 16.5. The molecule has 1 aromatic rings. The first-order valence-electron chi connectivity index (χ1n) is 7.53. The van der Waals surface area contributed by atoms with E-state index in [2.05, 4.69) is 13.0 Å². The van der Waals surface area contributed by atoms with Gasteiger partial charge in [-0.3, -0.25) is 0 Å². The largest absolute Gasteiger partial charge is 0.493 e. The lowest BCUT2D eigenvalue weighted by molar-refractivity contribution is 0.109. The highest BCUT2D eigenvalue weighted by Gasteiger charge is 2.21. The van der Waals surface area contributed by atoms with Gasteiger partial charge in [-0.15, -0.1) is 0 Å². The SMILES string of the molecule is CCCOc1ccc(C(N)CN)cc1COCC1CC1. The highest BCUT2D eigenvalue weighted by molar-refractivity contribution is 5.38. The summed E-state index contributed by atoms with van der Waals surface area (Å²) >= 11 is 0. The van der Waals surface area contributed by atoms with E-state index in [-0.39, 0.29) is 6.04 Å². The molecule has 0 aromatic heterocycles. The maximum atomic E-state index is 5.99. The van der Waals surface area contributed by atoms with Crippen LogP contribution in [0.4, 0.5) is 0 Å². The third-order valence-electron chi connectivity index (χ3n) is 3.54. The van der Waals surface area contributed by atoms with Gasteiger partial charge in [0.25, 0.3) is 0 Å². The number of hydrogen-bond acceptors (Lipinski definition) is 4. The van der Waals surface area contributed by atoms with Crippen molar-refractivity contribution in [2.75, 3.05) is 19.8 Å². The van der Waals surface area contributed by atoms with E-state index in [1.807, 2.05) is 12.1 Å². The molecule has 0 radical (unpaired) electrons. The van der Waals surface area contributed by atoms with Gasteiger partial charge in [-0.05, 0) is 42.9 Å². The first kappa shape index (κ1) is 15.3.